The summed E-state index contributed by atoms with van der Waals surface area (Å²) < 4.78 is 0. The number of halogens is 1. The lowest BCUT2D eigenvalue weighted by atomic mass is 10.2. The maximum atomic E-state index is 5.83. The van der Waals surface area contributed by atoms with Crippen LogP contribution in [0.25, 0.3) is 0 Å². The molecule has 0 aromatic carbocycles. The molecule has 1 aliphatic heterocycles. The highest BCUT2D eigenvalue weighted by molar-refractivity contribution is 6.29. The van der Waals surface area contributed by atoms with Crippen molar-refractivity contribution in [3.8, 4) is 0 Å². The summed E-state index contributed by atoms with van der Waals surface area (Å²) in [6, 6.07) is 3.82. The molecule has 0 unspecified atom stereocenters. The maximum Gasteiger partial charge on any atom is 0.131 e. The molecule has 4 heteroatoms. The fraction of sp³-hybridized carbons (Fsp3) is 0.615. The van der Waals surface area contributed by atoms with E-state index in [1.165, 1.54) is 38.8 Å². The first kappa shape index (κ1) is 12.7. The predicted octanol–water partition coefficient (Wildman–Crippen LogP) is 3.02. The number of anilines is 1. The maximum absolute atomic E-state index is 5.83. The summed E-state index contributed by atoms with van der Waals surface area (Å²) in [5.41, 5.74) is 1.06. The van der Waals surface area contributed by atoms with Crippen molar-refractivity contribution >= 4 is 17.3 Å². The molecule has 1 N–H and O–H groups in total. The zero-order valence-corrected chi connectivity index (χ0v) is 10.9. The first-order valence-corrected chi connectivity index (χ1v) is 6.80. The van der Waals surface area contributed by atoms with Crippen molar-refractivity contribution in [2.75, 3.05) is 31.5 Å². The first-order chi connectivity index (χ1) is 8.34. The van der Waals surface area contributed by atoms with E-state index in [1.54, 1.807) is 6.20 Å². The molecule has 2 rings (SSSR count). The molecule has 0 bridgehead atoms. The lowest BCUT2D eigenvalue weighted by Crippen LogP contribution is -2.29. The molecule has 1 aromatic heterocycles. The highest BCUT2D eigenvalue weighted by Gasteiger charge is 2.07. The van der Waals surface area contributed by atoms with Gasteiger partial charge in [-0.15, -0.1) is 0 Å². The Labute approximate surface area is 108 Å². The molecule has 1 saturated heterocycles. The van der Waals surface area contributed by atoms with E-state index in [-0.39, 0.29) is 0 Å². The molecular formula is C13H20ClN3. The average molecular weight is 254 g/mol. The number of nitrogens with zero attached hydrogens (tertiary/aromatic N) is 2. The normalized spacial score (nSPS) is 17.7. The number of pyridine rings is 1. The molecule has 0 spiro atoms. The zero-order valence-electron chi connectivity index (χ0n) is 10.2. The van der Waals surface area contributed by atoms with Crippen LogP contribution in [0.2, 0.25) is 5.15 Å². The van der Waals surface area contributed by atoms with E-state index in [0.29, 0.717) is 5.15 Å². The van der Waals surface area contributed by atoms with E-state index in [9.17, 15) is 0 Å². The molecular weight excluding hydrogens is 234 g/mol. The van der Waals surface area contributed by atoms with Crippen molar-refractivity contribution in [2.45, 2.75) is 25.7 Å². The molecule has 3 nitrogen and oxygen atoms in total. The van der Waals surface area contributed by atoms with Gasteiger partial charge in [-0.3, -0.25) is 0 Å². The summed E-state index contributed by atoms with van der Waals surface area (Å²) in [6.07, 6.45) is 7.21. The molecule has 1 fully saturated rings. The summed E-state index contributed by atoms with van der Waals surface area (Å²) in [5.74, 6) is 0. The summed E-state index contributed by atoms with van der Waals surface area (Å²) in [6.45, 7) is 4.58. The Hall–Kier alpha value is -0.800. The van der Waals surface area contributed by atoms with Gasteiger partial charge in [0.1, 0.15) is 5.15 Å². The minimum absolute atomic E-state index is 0.546. The van der Waals surface area contributed by atoms with Gasteiger partial charge in [-0.1, -0.05) is 24.4 Å². The van der Waals surface area contributed by atoms with Crippen LogP contribution < -0.4 is 5.32 Å². The number of nitrogens with one attached hydrogen (secondary N) is 1. The van der Waals surface area contributed by atoms with Crippen molar-refractivity contribution in [3.05, 3.63) is 23.5 Å². The van der Waals surface area contributed by atoms with E-state index >= 15 is 0 Å². The van der Waals surface area contributed by atoms with E-state index in [0.717, 1.165) is 18.8 Å². The van der Waals surface area contributed by atoms with Crippen molar-refractivity contribution in [3.63, 3.8) is 0 Å². The molecule has 94 valence electrons. The number of hydrogen-bond acceptors (Lipinski definition) is 3. The number of likely N-dealkylation sites (tertiary alicyclic amines) is 1. The molecule has 1 aromatic rings. The lowest BCUT2D eigenvalue weighted by Gasteiger charge is -2.20. The van der Waals surface area contributed by atoms with E-state index in [2.05, 4.69) is 15.2 Å². The Morgan fingerprint density at radius 3 is 2.71 bits per heavy atom. The summed E-state index contributed by atoms with van der Waals surface area (Å²) >= 11 is 5.83. The van der Waals surface area contributed by atoms with Gasteiger partial charge in [-0.25, -0.2) is 4.98 Å². The minimum Gasteiger partial charge on any atom is -0.384 e. The number of rotatable bonds is 4. The second-order valence-electron chi connectivity index (χ2n) is 4.55. The molecule has 0 amide bonds. The number of hydrogen-bond donors (Lipinski definition) is 1. The molecule has 2 heterocycles. The van der Waals surface area contributed by atoms with Gasteiger partial charge in [-0.05, 0) is 38.1 Å². The summed E-state index contributed by atoms with van der Waals surface area (Å²) in [7, 11) is 0. The van der Waals surface area contributed by atoms with Gasteiger partial charge >= 0.3 is 0 Å². The van der Waals surface area contributed by atoms with Crippen LogP contribution in [0.1, 0.15) is 25.7 Å². The van der Waals surface area contributed by atoms with Crippen LogP contribution in [0, 0.1) is 0 Å². The van der Waals surface area contributed by atoms with Crippen LogP contribution in [0.5, 0.6) is 0 Å². The van der Waals surface area contributed by atoms with Crippen LogP contribution in [-0.2, 0) is 0 Å². The van der Waals surface area contributed by atoms with Crippen molar-refractivity contribution in [1.29, 1.82) is 0 Å². The van der Waals surface area contributed by atoms with Crippen molar-refractivity contribution in [1.82, 2.24) is 9.88 Å². The molecule has 0 radical (unpaired) electrons. The topological polar surface area (TPSA) is 28.2 Å². The van der Waals surface area contributed by atoms with Crippen LogP contribution in [0.3, 0.4) is 0 Å². The van der Waals surface area contributed by atoms with Crippen molar-refractivity contribution < 1.29 is 0 Å². The Kier molecular flexibility index (Phi) is 5.08. The standard InChI is InChI=1S/C13H20ClN3/c14-13-11-12(5-6-16-13)15-7-10-17-8-3-1-2-4-9-17/h5-6,11H,1-4,7-10H2,(H,15,16). The van der Waals surface area contributed by atoms with Crippen LogP contribution in [-0.4, -0.2) is 36.1 Å². The third kappa shape index (κ3) is 4.52. The predicted molar refractivity (Wildman–Crippen MR) is 72.6 cm³/mol. The quantitative estimate of drug-likeness (QED) is 0.836. The third-order valence-corrected chi connectivity index (χ3v) is 3.39. The highest BCUT2D eigenvalue weighted by atomic mass is 35.5. The summed E-state index contributed by atoms with van der Waals surface area (Å²) in [4.78, 5) is 6.51. The summed E-state index contributed by atoms with van der Waals surface area (Å²) in [5, 5.41) is 3.93. The Bertz CT molecular complexity index is 335. The second-order valence-corrected chi connectivity index (χ2v) is 4.94. The van der Waals surface area contributed by atoms with E-state index in [4.69, 9.17) is 11.6 Å². The Balaban J connectivity index is 1.71. The monoisotopic (exact) mass is 253 g/mol. The minimum atomic E-state index is 0.546. The smallest absolute Gasteiger partial charge is 0.131 e. The lowest BCUT2D eigenvalue weighted by molar-refractivity contribution is 0.296. The Morgan fingerprint density at radius 1 is 1.24 bits per heavy atom. The fourth-order valence-corrected chi connectivity index (χ4v) is 2.40. The van der Waals surface area contributed by atoms with Gasteiger partial charge in [0.05, 0.1) is 0 Å². The average Bonchev–Trinajstić information content (AvgIpc) is 2.58. The second kappa shape index (κ2) is 6.82. The van der Waals surface area contributed by atoms with Crippen LogP contribution in [0.15, 0.2) is 18.3 Å². The highest BCUT2D eigenvalue weighted by Crippen LogP contribution is 2.12. The van der Waals surface area contributed by atoms with Gasteiger partial charge < -0.3 is 10.2 Å². The van der Waals surface area contributed by atoms with Crippen LogP contribution >= 0.6 is 11.6 Å². The number of aromatic nitrogens is 1. The molecule has 1 aliphatic rings. The van der Waals surface area contributed by atoms with Gasteiger partial charge in [0, 0.05) is 25.0 Å². The largest absolute Gasteiger partial charge is 0.384 e. The van der Waals surface area contributed by atoms with E-state index < -0.39 is 0 Å². The third-order valence-electron chi connectivity index (χ3n) is 3.18. The van der Waals surface area contributed by atoms with Gasteiger partial charge in [0.2, 0.25) is 0 Å². The molecule has 0 saturated carbocycles. The molecule has 0 atom stereocenters. The zero-order chi connectivity index (χ0) is 11.9. The molecule has 0 aliphatic carbocycles. The van der Waals surface area contributed by atoms with E-state index in [1.807, 2.05) is 12.1 Å². The Morgan fingerprint density at radius 2 is 2.00 bits per heavy atom. The van der Waals surface area contributed by atoms with Crippen LogP contribution in [0.4, 0.5) is 5.69 Å². The van der Waals surface area contributed by atoms with Gasteiger partial charge in [0.15, 0.2) is 0 Å². The van der Waals surface area contributed by atoms with Gasteiger partial charge in [0.25, 0.3) is 0 Å². The SMILES string of the molecule is Clc1cc(NCCN2CCCCCC2)ccn1. The first-order valence-electron chi connectivity index (χ1n) is 6.42. The van der Waals surface area contributed by atoms with Crippen molar-refractivity contribution in [2.24, 2.45) is 0 Å². The van der Waals surface area contributed by atoms with Gasteiger partial charge in [-0.2, -0.15) is 0 Å². The molecule has 17 heavy (non-hydrogen) atoms. The fourth-order valence-electron chi connectivity index (χ4n) is 2.23.